The number of likely N-dealkylation sites (N-methyl/N-ethyl adjacent to an activating group) is 1. The first-order valence-electron chi connectivity index (χ1n) is 13.7. The second-order valence-corrected chi connectivity index (χ2v) is 11.6. The molecule has 0 saturated carbocycles. The van der Waals surface area contributed by atoms with Crippen LogP contribution in [0, 0.1) is 11.7 Å². The summed E-state index contributed by atoms with van der Waals surface area (Å²) in [4.78, 5) is 29.9. The molecule has 0 aromatic heterocycles. The number of fused-ring (bicyclic) bond motifs is 1. The van der Waals surface area contributed by atoms with Crippen LogP contribution in [0.1, 0.15) is 25.0 Å². The predicted molar refractivity (Wildman–Crippen MR) is 164 cm³/mol. The Bertz CT molecular complexity index is 1410. The number of carbonyl (C=O) groups excluding carboxylic acids is 2. The molecule has 3 amide bonds. The number of urea groups is 1. The molecule has 1 aliphatic heterocycles. The Kier molecular flexibility index (Phi) is 10.7. The van der Waals surface area contributed by atoms with Crippen LogP contribution in [0.5, 0.6) is 5.75 Å². The standard InChI is InChI=1S/C31H35Cl2FN4O4/c1-19-15-38(20(2)18-39)30(40)14-22-13-25(36-31(41)35-24-7-5-23(34)6-8-24)9-11-28(22)42-29(19)17-37(3)16-21-4-10-26(32)27(33)12-21/h4-13,19-20,29,39H,14-18H2,1-3H3,(H2,35,36,41)/t19-,20+,29+/m1/s1. The van der Waals surface area contributed by atoms with Crippen LogP contribution >= 0.6 is 23.2 Å². The normalized spacial score (nSPS) is 17.9. The van der Waals surface area contributed by atoms with Gasteiger partial charge >= 0.3 is 6.03 Å². The maximum Gasteiger partial charge on any atom is 0.323 e. The summed E-state index contributed by atoms with van der Waals surface area (Å²) < 4.78 is 19.8. The highest BCUT2D eigenvalue weighted by molar-refractivity contribution is 6.42. The zero-order chi connectivity index (χ0) is 30.4. The molecule has 0 saturated heterocycles. The third-order valence-corrected chi connectivity index (χ3v) is 7.94. The van der Waals surface area contributed by atoms with Crippen molar-refractivity contribution in [1.29, 1.82) is 0 Å². The number of aliphatic hydroxyl groups is 1. The zero-order valence-electron chi connectivity index (χ0n) is 23.7. The van der Waals surface area contributed by atoms with E-state index >= 15 is 0 Å². The summed E-state index contributed by atoms with van der Waals surface area (Å²) in [5.74, 6) is -0.0671. The Balaban J connectivity index is 1.56. The summed E-state index contributed by atoms with van der Waals surface area (Å²) in [6, 6.07) is 15.3. The van der Waals surface area contributed by atoms with Crippen LogP contribution in [0.15, 0.2) is 60.7 Å². The van der Waals surface area contributed by atoms with E-state index in [1.54, 1.807) is 29.2 Å². The summed E-state index contributed by atoms with van der Waals surface area (Å²) in [6.07, 6.45) is -0.260. The van der Waals surface area contributed by atoms with E-state index in [-0.39, 0.29) is 37.0 Å². The minimum Gasteiger partial charge on any atom is -0.488 e. The number of nitrogens with zero attached hydrogens (tertiary/aromatic N) is 2. The number of ether oxygens (including phenoxy) is 1. The molecule has 0 bridgehead atoms. The van der Waals surface area contributed by atoms with Gasteiger partial charge in [0.25, 0.3) is 0 Å². The van der Waals surface area contributed by atoms with Gasteiger partial charge in [-0.2, -0.15) is 0 Å². The molecule has 0 fully saturated rings. The van der Waals surface area contributed by atoms with E-state index in [0.717, 1.165) is 5.56 Å². The largest absolute Gasteiger partial charge is 0.488 e. The van der Waals surface area contributed by atoms with Crippen LogP contribution in [0.3, 0.4) is 0 Å². The molecule has 3 N–H and O–H groups in total. The fraction of sp³-hybridized carbons (Fsp3) is 0.355. The Morgan fingerprint density at radius 1 is 1.10 bits per heavy atom. The van der Waals surface area contributed by atoms with E-state index in [0.29, 0.717) is 52.4 Å². The summed E-state index contributed by atoms with van der Waals surface area (Å²) in [7, 11) is 1.98. The van der Waals surface area contributed by atoms with Gasteiger partial charge in [-0.3, -0.25) is 9.69 Å². The lowest BCUT2D eigenvalue weighted by atomic mass is 10.0. The molecule has 3 atom stereocenters. The third kappa shape index (κ3) is 8.35. The van der Waals surface area contributed by atoms with Crippen molar-refractivity contribution in [2.75, 3.05) is 37.4 Å². The molecule has 3 aromatic carbocycles. The first-order valence-corrected chi connectivity index (χ1v) is 14.4. The smallest absolute Gasteiger partial charge is 0.323 e. The predicted octanol–water partition coefficient (Wildman–Crippen LogP) is 6.06. The molecule has 1 aliphatic rings. The van der Waals surface area contributed by atoms with E-state index in [1.165, 1.54) is 24.3 Å². The van der Waals surface area contributed by atoms with Crippen LogP contribution in [0.2, 0.25) is 10.0 Å². The Morgan fingerprint density at radius 2 is 1.79 bits per heavy atom. The first-order chi connectivity index (χ1) is 20.0. The lowest BCUT2D eigenvalue weighted by molar-refractivity contribution is -0.134. The van der Waals surface area contributed by atoms with Gasteiger partial charge in [-0.05, 0) is 74.1 Å². The first kappa shape index (κ1) is 31.6. The number of hydrogen-bond donors (Lipinski definition) is 3. The van der Waals surface area contributed by atoms with E-state index in [4.69, 9.17) is 27.9 Å². The number of anilines is 2. The third-order valence-electron chi connectivity index (χ3n) is 7.20. The molecule has 11 heteroatoms. The van der Waals surface area contributed by atoms with E-state index in [9.17, 15) is 19.1 Å². The highest BCUT2D eigenvalue weighted by Crippen LogP contribution is 2.30. The van der Waals surface area contributed by atoms with Crippen molar-refractivity contribution in [3.8, 4) is 5.75 Å². The molecule has 0 unspecified atom stereocenters. The SMILES string of the molecule is C[C@@H]1CN([C@@H](C)CO)C(=O)Cc2cc(NC(=O)Nc3ccc(F)cc3)ccc2O[C@H]1CN(C)Cc1ccc(Cl)c(Cl)c1. The number of nitrogens with one attached hydrogen (secondary N) is 2. The van der Waals surface area contributed by atoms with Crippen LogP contribution in [-0.4, -0.2) is 65.7 Å². The van der Waals surface area contributed by atoms with Gasteiger partial charge in [-0.1, -0.05) is 36.2 Å². The Hall–Kier alpha value is -3.37. The minimum atomic E-state index is -0.511. The monoisotopic (exact) mass is 616 g/mol. The summed E-state index contributed by atoms with van der Waals surface area (Å²) in [6.45, 7) is 5.24. The fourth-order valence-corrected chi connectivity index (χ4v) is 5.19. The molecule has 0 aliphatic carbocycles. The lowest BCUT2D eigenvalue weighted by Crippen LogP contribution is -2.47. The molecule has 0 spiro atoms. The number of halogens is 3. The van der Waals surface area contributed by atoms with Gasteiger partial charge in [0.15, 0.2) is 0 Å². The van der Waals surface area contributed by atoms with Gasteiger partial charge in [0.2, 0.25) is 5.91 Å². The molecular weight excluding hydrogens is 582 g/mol. The minimum absolute atomic E-state index is 0.0350. The average Bonchev–Trinajstić information content (AvgIpc) is 2.99. The maximum absolute atomic E-state index is 13.5. The van der Waals surface area contributed by atoms with Crippen LogP contribution < -0.4 is 15.4 Å². The quantitative estimate of drug-likeness (QED) is 0.286. The number of hydrogen-bond acceptors (Lipinski definition) is 5. The van der Waals surface area contributed by atoms with Gasteiger partial charge in [0.1, 0.15) is 17.7 Å². The van der Waals surface area contributed by atoms with Gasteiger partial charge < -0.3 is 25.4 Å². The number of carbonyl (C=O) groups is 2. The molecule has 224 valence electrons. The lowest BCUT2D eigenvalue weighted by Gasteiger charge is -2.34. The number of amides is 3. The number of aliphatic hydroxyl groups excluding tert-OH is 1. The van der Waals surface area contributed by atoms with Crippen molar-refractivity contribution >= 4 is 46.5 Å². The van der Waals surface area contributed by atoms with Crippen LogP contribution in [0.4, 0.5) is 20.6 Å². The van der Waals surface area contributed by atoms with E-state index in [1.807, 2.05) is 33.0 Å². The summed E-state index contributed by atoms with van der Waals surface area (Å²) in [5, 5.41) is 16.3. The highest BCUT2D eigenvalue weighted by atomic mass is 35.5. The van der Waals surface area contributed by atoms with Gasteiger partial charge in [0.05, 0.1) is 29.1 Å². The molecular formula is C31H35Cl2FN4O4. The summed E-state index contributed by atoms with van der Waals surface area (Å²) in [5.41, 5.74) is 2.52. The maximum atomic E-state index is 13.5. The molecule has 0 radical (unpaired) electrons. The topological polar surface area (TPSA) is 94.1 Å². The molecule has 4 rings (SSSR count). The van der Waals surface area contributed by atoms with E-state index in [2.05, 4.69) is 15.5 Å². The van der Waals surface area contributed by atoms with Crippen molar-refractivity contribution < 1.29 is 23.8 Å². The Morgan fingerprint density at radius 3 is 2.48 bits per heavy atom. The van der Waals surface area contributed by atoms with Gasteiger partial charge in [0, 0.05) is 42.5 Å². The Labute approximate surface area is 255 Å². The average molecular weight is 618 g/mol. The molecule has 1 heterocycles. The second-order valence-electron chi connectivity index (χ2n) is 10.7. The van der Waals surface area contributed by atoms with Crippen molar-refractivity contribution in [1.82, 2.24) is 9.80 Å². The number of rotatable bonds is 8. The second kappa shape index (κ2) is 14.2. The van der Waals surface area contributed by atoms with Crippen molar-refractivity contribution in [3.63, 3.8) is 0 Å². The van der Waals surface area contributed by atoms with Crippen LogP contribution in [0.25, 0.3) is 0 Å². The van der Waals surface area contributed by atoms with Crippen molar-refractivity contribution in [2.45, 2.75) is 39.0 Å². The zero-order valence-corrected chi connectivity index (χ0v) is 25.3. The van der Waals surface area contributed by atoms with E-state index < -0.39 is 11.8 Å². The van der Waals surface area contributed by atoms with Crippen molar-refractivity contribution in [3.05, 3.63) is 87.7 Å². The highest BCUT2D eigenvalue weighted by Gasteiger charge is 2.31. The van der Waals surface area contributed by atoms with Gasteiger partial charge in [-0.15, -0.1) is 0 Å². The fourth-order valence-electron chi connectivity index (χ4n) is 4.87. The van der Waals surface area contributed by atoms with Gasteiger partial charge in [-0.25, -0.2) is 9.18 Å². The molecule has 3 aromatic rings. The number of benzene rings is 3. The molecule has 8 nitrogen and oxygen atoms in total. The van der Waals surface area contributed by atoms with Crippen molar-refractivity contribution in [2.24, 2.45) is 5.92 Å². The summed E-state index contributed by atoms with van der Waals surface area (Å²) >= 11 is 12.3. The molecule has 42 heavy (non-hydrogen) atoms. The van der Waals surface area contributed by atoms with Crippen LogP contribution in [-0.2, 0) is 17.8 Å².